The molecule has 0 amide bonds. The summed E-state index contributed by atoms with van der Waals surface area (Å²) in [5, 5.41) is 8.89. The van der Waals surface area contributed by atoms with Crippen LogP contribution in [0.5, 0.6) is 0 Å². The van der Waals surface area contributed by atoms with Crippen molar-refractivity contribution in [3.8, 4) is 0 Å². The van der Waals surface area contributed by atoms with Crippen LogP contribution in [0.4, 0.5) is 5.69 Å². The molecule has 0 unspecified atom stereocenters. The Morgan fingerprint density at radius 3 is 2.42 bits per heavy atom. The van der Waals surface area contributed by atoms with Crippen molar-refractivity contribution in [3.63, 3.8) is 0 Å². The van der Waals surface area contributed by atoms with Gasteiger partial charge >= 0.3 is 0 Å². The monoisotopic (exact) mass is 296 g/mol. The number of anilines is 1. The van der Waals surface area contributed by atoms with Crippen LogP contribution in [-0.2, 0) is 16.6 Å². The van der Waals surface area contributed by atoms with Gasteiger partial charge in [0.05, 0.1) is 4.90 Å². The van der Waals surface area contributed by atoms with Crippen molar-refractivity contribution in [2.24, 2.45) is 5.14 Å². The summed E-state index contributed by atoms with van der Waals surface area (Å²) in [6.45, 7) is 0.575. The van der Waals surface area contributed by atoms with Crippen molar-refractivity contribution in [2.75, 3.05) is 5.32 Å². The quantitative estimate of drug-likeness (QED) is 0.911. The van der Waals surface area contributed by atoms with Crippen molar-refractivity contribution in [2.45, 2.75) is 11.4 Å². The smallest absolute Gasteiger partial charge is 0.238 e. The molecule has 0 radical (unpaired) electrons. The van der Waals surface area contributed by atoms with Gasteiger partial charge in [0, 0.05) is 17.3 Å². The molecule has 0 aliphatic heterocycles. The van der Waals surface area contributed by atoms with Gasteiger partial charge in [-0.05, 0) is 35.9 Å². The molecule has 3 N–H and O–H groups in total. The summed E-state index contributed by atoms with van der Waals surface area (Å²) in [6.07, 6.45) is 0. The molecule has 0 saturated heterocycles. The maximum Gasteiger partial charge on any atom is 0.238 e. The van der Waals surface area contributed by atoms with Crippen LogP contribution in [0.1, 0.15) is 5.56 Å². The van der Waals surface area contributed by atoms with Gasteiger partial charge in [-0.3, -0.25) is 0 Å². The Bertz CT molecular complexity index is 669. The molecule has 0 aliphatic rings. The summed E-state index contributed by atoms with van der Waals surface area (Å²) in [4.78, 5) is 0.0913. The maximum absolute atomic E-state index is 11.2. The number of sulfonamides is 1. The van der Waals surface area contributed by atoms with Crippen LogP contribution in [0.25, 0.3) is 0 Å². The number of hydrogen-bond donors (Lipinski definition) is 2. The van der Waals surface area contributed by atoms with Crippen LogP contribution in [0.3, 0.4) is 0 Å². The maximum atomic E-state index is 11.2. The predicted octanol–water partition coefficient (Wildman–Crippen LogP) is 2.60. The third-order valence-electron chi connectivity index (χ3n) is 2.57. The average Bonchev–Trinajstić information content (AvgIpc) is 2.37. The number of halogens is 1. The van der Waals surface area contributed by atoms with Gasteiger partial charge in [0.15, 0.2) is 0 Å². The SMILES string of the molecule is NS(=O)(=O)c1cccc(NCc2ccc(Cl)cc2)c1. The second kappa shape index (κ2) is 5.61. The van der Waals surface area contributed by atoms with Gasteiger partial charge in [0.25, 0.3) is 0 Å². The molecule has 0 aromatic heterocycles. The molecule has 2 aromatic carbocycles. The van der Waals surface area contributed by atoms with Gasteiger partial charge in [-0.1, -0.05) is 29.8 Å². The molecular formula is C13H13ClN2O2S. The molecule has 2 aromatic rings. The number of benzene rings is 2. The Labute approximate surface area is 117 Å². The Balaban J connectivity index is 2.10. The van der Waals surface area contributed by atoms with E-state index in [9.17, 15) is 8.42 Å². The molecule has 0 atom stereocenters. The lowest BCUT2D eigenvalue weighted by Gasteiger charge is -2.08. The molecule has 0 fully saturated rings. The highest BCUT2D eigenvalue weighted by Crippen LogP contribution is 2.16. The first-order valence-corrected chi connectivity index (χ1v) is 7.49. The fourth-order valence-corrected chi connectivity index (χ4v) is 2.27. The van der Waals surface area contributed by atoms with Gasteiger partial charge < -0.3 is 5.32 Å². The first-order valence-electron chi connectivity index (χ1n) is 5.56. The highest BCUT2D eigenvalue weighted by atomic mass is 35.5. The first kappa shape index (κ1) is 13.9. The van der Waals surface area contributed by atoms with E-state index >= 15 is 0 Å². The van der Waals surface area contributed by atoms with Crippen LogP contribution in [0.2, 0.25) is 5.02 Å². The highest BCUT2D eigenvalue weighted by Gasteiger charge is 2.07. The lowest BCUT2D eigenvalue weighted by Crippen LogP contribution is -2.12. The van der Waals surface area contributed by atoms with E-state index < -0.39 is 10.0 Å². The fraction of sp³-hybridized carbons (Fsp3) is 0.0769. The van der Waals surface area contributed by atoms with Crippen LogP contribution in [0, 0.1) is 0 Å². The normalized spacial score (nSPS) is 11.3. The van der Waals surface area contributed by atoms with E-state index in [2.05, 4.69) is 5.32 Å². The molecule has 0 heterocycles. The van der Waals surface area contributed by atoms with E-state index in [1.807, 2.05) is 12.1 Å². The zero-order chi connectivity index (χ0) is 13.9. The topological polar surface area (TPSA) is 72.2 Å². The molecule has 2 rings (SSSR count). The summed E-state index contributed by atoms with van der Waals surface area (Å²) in [5.74, 6) is 0. The lowest BCUT2D eigenvalue weighted by molar-refractivity contribution is 0.598. The van der Waals surface area contributed by atoms with Gasteiger partial charge in [-0.15, -0.1) is 0 Å². The third kappa shape index (κ3) is 3.96. The van der Waals surface area contributed by atoms with Crippen molar-refractivity contribution in [1.29, 1.82) is 0 Å². The number of nitrogens with two attached hydrogens (primary N) is 1. The van der Waals surface area contributed by atoms with E-state index in [1.165, 1.54) is 12.1 Å². The molecule has 4 nitrogen and oxygen atoms in total. The van der Waals surface area contributed by atoms with Crippen molar-refractivity contribution < 1.29 is 8.42 Å². The van der Waals surface area contributed by atoms with Gasteiger partial charge in [-0.2, -0.15) is 0 Å². The average molecular weight is 297 g/mol. The van der Waals surface area contributed by atoms with E-state index in [0.29, 0.717) is 17.3 Å². The first-order chi connectivity index (χ1) is 8.95. The third-order valence-corrected chi connectivity index (χ3v) is 3.74. The molecule has 100 valence electrons. The van der Waals surface area contributed by atoms with E-state index in [-0.39, 0.29) is 4.90 Å². The summed E-state index contributed by atoms with van der Waals surface area (Å²) in [7, 11) is -3.67. The van der Waals surface area contributed by atoms with Crippen LogP contribution < -0.4 is 10.5 Å². The number of primary sulfonamides is 1. The highest BCUT2D eigenvalue weighted by molar-refractivity contribution is 7.89. The Hall–Kier alpha value is -1.56. The Morgan fingerprint density at radius 2 is 1.79 bits per heavy atom. The molecule has 19 heavy (non-hydrogen) atoms. The molecule has 0 aliphatic carbocycles. The number of rotatable bonds is 4. The molecule has 6 heteroatoms. The van der Waals surface area contributed by atoms with Gasteiger partial charge in [0.1, 0.15) is 0 Å². The minimum atomic E-state index is -3.67. The standard InChI is InChI=1S/C13H13ClN2O2S/c14-11-6-4-10(5-7-11)9-16-12-2-1-3-13(8-12)19(15,17)18/h1-8,16H,9H2,(H2,15,17,18). The predicted molar refractivity (Wildman–Crippen MR) is 76.6 cm³/mol. The van der Waals surface area contributed by atoms with Crippen LogP contribution in [-0.4, -0.2) is 8.42 Å². The summed E-state index contributed by atoms with van der Waals surface area (Å²) >= 11 is 5.80. The van der Waals surface area contributed by atoms with E-state index in [0.717, 1.165) is 5.56 Å². The largest absolute Gasteiger partial charge is 0.381 e. The molecule has 0 saturated carbocycles. The Morgan fingerprint density at radius 1 is 1.11 bits per heavy atom. The van der Waals surface area contributed by atoms with E-state index in [1.54, 1.807) is 24.3 Å². The summed E-state index contributed by atoms with van der Waals surface area (Å²) in [6, 6.07) is 13.8. The fourth-order valence-electron chi connectivity index (χ4n) is 1.59. The summed E-state index contributed by atoms with van der Waals surface area (Å²) in [5.41, 5.74) is 1.74. The zero-order valence-electron chi connectivity index (χ0n) is 10.0. The second-order valence-corrected chi connectivity index (χ2v) is 6.05. The Kier molecular flexibility index (Phi) is 4.09. The van der Waals surface area contributed by atoms with Gasteiger partial charge in [0.2, 0.25) is 10.0 Å². The lowest BCUT2D eigenvalue weighted by atomic mass is 10.2. The van der Waals surface area contributed by atoms with Crippen molar-refractivity contribution >= 4 is 27.3 Å². The van der Waals surface area contributed by atoms with Crippen LogP contribution >= 0.6 is 11.6 Å². The second-order valence-electron chi connectivity index (χ2n) is 4.05. The molecule has 0 spiro atoms. The minimum Gasteiger partial charge on any atom is -0.381 e. The zero-order valence-corrected chi connectivity index (χ0v) is 11.6. The van der Waals surface area contributed by atoms with E-state index in [4.69, 9.17) is 16.7 Å². The summed E-state index contributed by atoms with van der Waals surface area (Å²) < 4.78 is 22.5. The minimum absolute atomic E-state index is 0.0913. The van der Waals surface area contributed by atoms with Crippen molar-refractivity contribution in [1.82, 2.24) is 0 Å². The van der Waals surface area contributed by atoms with Crippen molar-refractivity contribution in [3.05, 3.63) is 59.1 Å². The number of nitrogens with one attached hydrogen (secondary N) is 1. The molecular weight excluding hydrogens is 284 g/mol. The van der Waals surface area contributed by atoms with Crippen LogP contribution in [0.15, 0.2) is 53.4 Å². The number of hydrogen-bond acceptors (Lipinski definition) is 3. The molecule has 0 bridgehead atoms. The van der Waals surface area contributed by atoms with Gasteiger partial charge in [-0.25, -0.2) is 13.6 Å².